The minimum atomic E-state index is -0.831. The van der Waals surface area contributed by atoms with Crippen LogP contribution in [0.4, 0.5) is 4.79 Å². The van der Waals surface area contributed by atoms with Crippen LogP contribution in [-0.2, 0) is 4.74 Å². The lowest BCUT2D eigenvalue weighted by Crippen LogP contribution is -2.31. The van der Waals surface area contributed by atoms with Gasteiger partial charge in [0.05, 0.1) is 0 Å². The lowest BCUT2D eigenvalue weighted by Gasteiger charge is -2.17. The minimum Gasteiger partial charge on any atom is -0.443 e. The second kappa shape index (κ2) is 2.68. The summed E-state index contributed by atoms with van der Waals surface area (Å²) >= 11 is 0. The molecule has 0 aliphatic heterocycles. The Morgan fingerprint density at radius 1 is 1.56 bits per heavy atom. The van der Waals surface area contributed by atoms with Gasteiger partial charge in [0, 0.05) is 0 Å². The minimum absolute atomic E-state index is 0.549. The smallest absolute Gasteiger partial charge is 0.424 e. The van der Waals surface area contributed by atoms with Gasteiger partial charge < -0.3 is 4.74 Å². The third-order valence-electron chi connectivity index (χ3n) is 0.490. The summed E-state index contributed by atoms with van der Waals surface area (Å²) in [4.78, 5) is 10.2. The molecule has 0 unspecified atom stereocenters. The van der Waals surface area contributed by atoms with Crippen LogP contribution in [0.2, 0.25) is 0 Å². The number of nitrogens with one attached hydrogen (secondary N) is 1. The summed E-state index contributed by atoms with van der Waals surface area (Å²) in [7, 11) is 0. The van der Waals surface area contributed by atoms with Crippen LogP contribution in [0.15, 0.2) is 0 Å². The lowest BCUT2D eigenvalue weighted by molar-refractivity contribution is 0.0522. The number of carbonyl (C=O) groups is 1. The molecule has 0 aliphatic carbocycles. The van der Waals surface area contributed by atoms with E-state index in [4.69, 9.17) is 5.84 Å². The molecular weight excluding hydrogens is 120 g/mol. The van der Waals surface area contributed by atoms with Crippen LogP contribution in [-0.4, -0.2) is 11.7 Å². The number of hydrogen-bond donors (Lipinski definition) is 1. The Hall–Kier alpha value is -0.770. The Morgan fingerprint density at radius 3 is 2.11 bits per heavy atom. The molecule has 52 valence electrons. The molecule has 0 rings (SSSR count). The number of rotatable bonds is 0. The van der Waals surface area contributed by atoms with E-state index in [1.807, 2.05) is 0 Å². The summed E-state index contributed by atoms with van der Waals surface area (Å²) < 4.78 is 4.59. The topological polar surface area (TPSA) is 60.6 Å². The van der Waals surface area contributed by atoms with E-state index in [-0.39, 0.29) is 0 Å². The van der Waals surface area contributed by atoms with E-state index in [0.717, 1.165) is 0 Å². The molecule has 4 nitrogen and oxygen atoms in total. The fourth-order valence-corrected chi connectivity index (χ4v) is 0.301. The van der Waals surface area contributed by atoms with E-state index in [2.05, 4.69) is 4.74 Å². The molecule has 0 atom stereocenters. The molecule has 0 aliphatic rings. The van der Waals surface area contributed by atoms with Gasteiger partial charge in [-0.1, -0.05) is 0 Å². The molecule has 4 heteroatoms. The van der Waals surface area contributed by atoms with Gasteiger partial charge in [0.15, 0.2) is 0 Å². The van der Waals surface area contributed by atoms with Crippen LogP contribution in [0.1, 0.15) is 20.8 Å². The van der Waals surface area contributed by atoms with Gasteiger partial charge in [0.2, 0.25) is 0 Å². The third-order valence-corrected chi connectivity index (χ3v) is 0.490. The average Bonchev–Trinajstić information content (AvgIpc) is 1.62. The van der Waals surface area contributed by atoms with Gasteiger partial charge in [0.25, 0.3) is 0 Å². The number of carbonyl (C=O) groups excluding carboxylic acids is 1. The summed E-state index contributed by atoms with van der Waals surface area (Å²) in [6, 6.07) is 0. The van der Waals surface area contributed by atoms with E-state index in [9.17, 15) is 4.79 Å². The largest absolute Gasteiger partial charge is 0.443 e. The van der Waals surface area contributed by atoms with Crippen LogP contribution >= 0.6 is 0 Å². The first-order valence-corrected chi connectivity index (χ1v) is 2.59. The molecule has 9 heavy (non-hydrogen) atoms. The van der Waals surface area contributed by atoms with Gasteiger partial charge >= 0.3 is 6.09 Å². The van der Waals surface area contributed by atoms with Gasteiger partial charge in [-0.3, -0.25) is 0 Å². The van der Waals surface area contributed by atoms with Crippen molar-refractivity contribution in [3.8, 4) is 0 Å². The molecule has 1 N–H and O–H groups in total. The average molecular weight is 130 g/mol. The lowest BCUT2D eigenvalue weighted by atomic mass is 10.2. The van der Waals surface area contributed by atoms with E-state index >= 15 is 0 Å². The van der Waals surface area contributed by atoms with Crippen molar-refractivity contribution in [2.24, 2.45) is 0 Å². The standard InChI is InChI=1S/C5H10N2O2/c1-5(2,3)9-4(8)7-6/h1-3H3,(H,7,8). The highest BCUT2D eigenvalue weighted by atomic mass is 16.6. The Kier molecular flexibility index (Phi) is 2.45. The van der Waals surface area contributed by atoms with Crippen LogP contribution in [0.25, 0.3) is 0 Å². The van der Waals surface area contributed by atoms with Crippen molar-refractivity contribution in [3.63, 3.8) is 0 Å². The Morgan fingerprint density at radius 2 is 2.00 bits per heavy atom. The predicted octanol–water partition coefficient (Wildman–Crippen LogP) is 0.495. The van der Waals surface area contributed by atoms with Crippen molar-refractivity contribution in [3.05, 3.63) is 0 Å². The number of hydrogen-bond acceptors (Lipinski definition) is 2. The van der Waals surface area contributed by atoms with Gasteiger partial charge in [-0.2, -0.15) is 0 Å². The van der Waals surface area contributed by atoms with Crippen LogP contribution in [0.5, 0.6) is 0 Å². The van der Waals surface area contributed by atoms with Gasteiger partial charge in [-0.05, 0) is 26.6 Å². The highest BCUT2D eigenvalue weighted by Gasteiger charge is 2.14. The van der Waals surface area contributed by atoms with E-state index in [1.165, 1.54) is 5.43 Å². The molecule has 0 saturated heterocycles. The van der Waals surface area contributed by atoms with Gasteiger partial charge in [-0.25, -0.2) is 10.2 Å². The summed E-state index contributed by atoms with van der Waals surface area (Å²) in [5.41, 5.74) is 0.812. The van der Waals surface area contributed by atoms with Crippen LogP contribution in [0.3, 0.4) is 0 Å². The summed E-state index contributed by atoms with van der Waals surface area (Å²) in [6.45, 7) is 5.13. The molecule has 0 aromatic carbocycles. The fraction of sp³-hybridized carbons (Fsp3) is 0.800. The monoisotopic (exact) mass is 130 g/mol. The van der Waals surface area contributed by atoms with Crippen molar-refractivity contribution >= 4 is 6.09 Å². The van der Waals surface area contributed by atoms with E-state index < -0.39 is 11.7 Å². The Balaban J connectivity index is 3.60. The quantitative estimate of drug-likeness (QED) is 0.485. The van der Waals surface area contributed by atoms with Crippen LogP contribution < -0.4 is 11.3 Å². The van der Waals surface area contributed by atoms with Crippen molar-refractivity contribution in [2.75, 3.05) is 0 Å². The van der Waals surface area contributed by atoms with E-state index in [1.54, 1.807) is 20.8 Å². The zero-order chi connectivity index (χ0) is 7.49. The molecular formula is C5H10N2O2. The maximum atomic E-state index is 10.2. The molecule has 0 aromatic heterocycles. The van der Waals surface area contributed by atoms with Gasteiger partial charge in [0.1, 0.15) is 5.60 Å². The molecule has 0 bridgehead atoms. The van der Waals surface area contributed by atoms with E-state index in [0.29, 0.717) is 0 Å². The highest BCUT2D eigenvalue weighted by Crippen LogP contribution is 2.05. The number of nitrogens with zero attached hydrogens (tertiary/aromatic N) is 1. The summed E-state index contributed by atoms with van der Waals surface area (Å²) in [6.07, 6.45) is -0.831. The molecule has 0 heterocycles. The Bertz CT molecular complexity index is 106. The second-order valence-electron chi connectivity index (χ2n) is 2.61. The zero-order valence-electron chi connectivity index (χ0n) is 5.76. The number of amides is 1. The molecule has 2 radical (unpaired) electrons. The first kappa shape index (κ1) is 8.23. The number of ether oxygens (including phenoxy) is 1. The predicted molar refractivity (Wildman–Crippen MR) is 31.5 cm³/mol. The fourth-order valence-electron chi connectivity index (χ4n) is 0.301. The van der Waals surface area contributed by atoms with Gasteiger partial charge in [-0.15, -0.1) is 0 Å². The molecule has 0 saturated carbocycles. The molecule has 0 aromatic rings. The summed E-state index contributed by atoms with van der Waals surface area (Å²) in [5.74, 6) is 7.97. The highest BCUT2D eigenvalue weighted by molar-refractivity contribution is 5.66. The normalized spacial score (nSPS) is 10.7. The maximum Gasteiger partial charge on any atom is 0.424 e. The SMILES string of the molecule is CC(C)(C)OC(=O)N[N]. The van der Waals surface area contributed by atoms with Crippen molar-refractivity contribution in [1.82, 2.24) is 11.3 Å². The maximum absolute atomic E-state index is 10.2. The van der Waals surface area contributed by atoms with Crippen molar-refractivity contribution in [1.29, 1.82) is 0 Å². The van der Waals surface area contributed by atoms with Crippen molar-refractivity contribution in [2.45, 2.75) is 26.4 Å². The first-order valence-electron chi connectivity index (χ1n) is 2.59. The summed E-state index contributed by atoms with van der Waals surface area (Å²) in [5, 5.41) is 0. The van der Waals surface area contributed by atoms with Crippen LogP contribution in [0, 0.1) is 0 Å². The molecule has 0 fully saturated rings. The van der Waals surface area contributed by atoms with Crippen molar-refractivity contribution < 1.29 is 9.53 Å². The molecule has 1 amide bonds. The second-order valence-corrected chi connectivity index (χ2v) is 2.61. The molecule has 0 spiro atoms. The Labute approximate surface area is 54.3 Å². The first-order chi connectivity index (χ1) is 3.95. The zero-order valence-corrected chi connectivity index (χ0v) is 5.76. The third kappa shape index (κ3) is 5.10.